The van der Waals surface area contributed by atoms with Gasteiger partial charge in [-0.2, -0.15) is 0 Å². The molecule has 0 saturated heterocycles. The van der Waals surface area contributed by atoms with Crippen LogP contribution in [0, 0.1) is 0 Å². The van der Waals surface area contributed by atoms with E-state index in [0.29, 0.717) is 18.5 Å². The highest BCUT2D eigenvalue weighted by molar-refractivity contribution is 5.89. The van der Waals surface area contributed by atoms with E-state index in [1.807, 2.05) is 12.1 Å². The van der Waals surface area contributed by atoms with Crippen molar-refractivity contribution in [3.8, 4) is 0 Å². The van der Waals surface area contributed by atoms with Gasteiger partial charge in [0.25, 0.3) is 0 Å². The summed E-state index contributed by atoms with van der Waals surface area (Å²) in [6, 6.07) is 8.77. The molecule has 0 aliphatic carbocycles. The molecule has 2 rings (SSSR count). The van der Waals surface area contributed by atoms with Gasteiger partial charge in [-0.05, 0) is 24.1 Å². The van der Waals surface area contributed by atoms with E-state index >= 15 is 0 Å². The van der Waals surface area contributed by atoms with Gasteiger partial charge >= 0.3 is 5.97 Å². The number of hydrogen-bond acceptors (Lipinski definition) is 4. The van der Waals surface area contributed by atoms with Crippen molar-refractivity contribution in [3.63, 3.8) is 0 Å². The molecule has 0 aliphatic rings. The van der Waals surface area contributed by atoms with Crippen LogP contribution in [0.4, 0.5) is 5.82 Å². The van der Waals surface area contributed by atoms with E-state index in [0.717, 1.165) is 11.4 Å². The molecular weight excluding hydrogens is 230 g/mol. The summed E-state index contributed by atoms with van der Waals surface area (Å²) in [5.41, 5.74) is 1.16. The van der Waals surface area contributed by atoms with Gasteiger partial charge in [-0.25, -0.2) is 14.8 Å². The highest BCUT2D eigenvalue weighted by atomic mass is 16.4. The quantitative estimate of drug-likeness (QED) is 0.838. The van der Waals surface area contributed by atoms with Gasteiger partial charge in [0, 0.05) is 12.7 Å². The second-order valence-corrected chi connectivity index (χ2v) is 3.73. The van der Waals surface area contributed by atoms with Crippen LogP contribution in [0.25, 0.3) is 0 Å². The standard InChI is InChI=1S/C13H13N3O2/c17-13(18)11-4-2-1-3-10(11)5-8-15-12-6-7-14-9-16-12/h1-4,6-7,9H,5,8H2,(H,17,18)(H,14,15,16). The van der Waals surface area contributed by atoms with E-state index < -0.39 is 5.97 Å². The van der Waals surface area contributed by atoms with E-state index in [2.05, 4.69) is 15.3 Å². The predicted molar refractivity (Wildman–Crippen MR) is 67.6 cm³/mol. The molecule has 0 saturated carbocycles. The van der Waals surface area contributed by atoms with E-state index in [4.69, 9.17) is 5.11 Å². The number of rotatable bonds is 5. The highest BCUT2D eigenvalue weighted by Gasteiger charge is 2.08. The highest BCUT2D eigenvalue weighted by Crippen LogP contribution is 2.10. The lowest BCUT2D eigenvalue weighted by molar-refractivity contribution is 0.0695. The van der Waals surface area contributed by atoms with Crippen LogP contribution in [0.15, 0.2) is 42.9 Å². The number of benzene rings is 1. The van der Waals surface area contributed by atoms with Crippen LogP contribution in [-0.2, 0) is 6.42 Å². The first-order chi connectivity index (χ1) is 8.77. The topological polar surface area (TPSA) is 75.1 Å². The number of carboxylic acid groups (broad SMARTS) is 1. The molecule has 92 valence electrons. The van der Waals surface area contributed by atoms with Crippen molar-refractivity contribution >= 4 is 11.8 Å². The smallest absolute Gasteiger partial charge is 0.335 e. The van der Waals surface area contributed by atoms with Gasteiger partial charge in [0.15, 0.2) is 0 Å². The summed E-state index contributed by atoms with van der Waals surface area (Å²) in [4.78, 5) is 18.9. The first-order valence-electron chi connectivity index (χ1n) is 5.58. The van der Waals surface area contributed by atoms with Crippen LogP contribution in [0.3, 0.4) is 0 Å². The Labute approximate surface area is 105 Å². The first-order valence-corrected chi connectivity index (χ1v) is 5.58. The molecule has 1 aromatic carbocycles. The summed E-state index contributed by atoms with van der Waals surface area (Å²) in [6.07, 6.45) is 3.75. The molecule has 0 aliphatic heterocycles. The molecule has 0 unspecified atom stereocenters. The molecular formula is C13H13N3O2. The second-order valence-electron chi connectivity index (χ2n) is 3.73. The molecule has 0 spiro atoms. The lowest BCUT2D eigenvalue weighted by atomic mass is 10.0. The summed E-state index contributed by atoms with van der Waals surface area (Å²) >= 11 is 0. The number of carbonyl (C=O) groups is 1. The summed E-state index contributed by atoms with van der Waals surface area (Å²) < 4.78 is 0. The van der Waals surface area contributed by atoms with Crippen molar-refractivity contribution in [1.82, 2.24) is 9.97 Å². The number of anilines is 1. The van der Waals surface area contributed by atoms with Crippen molar-refractivity contribution < 1.29 is 9.90 Å². The zero-order valence-electron chi connectivity index (χ0n) is 9.71. The second kappa shape index (κ2) is 5.77. The molecule has 1 heterocycles. The summed E-state index contributed by atoms with van der Waals surface area (Å²) in [5, 5.41) is 12.2. The summed E-state index contributed by atoms with van der Waals surface area (Å²) in [5.74, 6) is -0.162. The third-order valence-corrected chi connectivity index (χ3v) is 2.53. The van der Waals surface area contributed by atoms with Crippen LogP contribution in [0.5, 0.6) is 0 Å². The minimum atomic E-state index is -0.896. The molecule has 5 heteroatoms. The van der Waals surface area contributed by atoms with Crippen LogP contribution in [-0.4, -0.2) is 27.6 Å². The Hall–Kier alpha value is -2.43. The summed E-state index contributed by atoms with van der Waals surface area (Å²) in [7, 11) is 0. The monoisotopic (exact) mass is 243 g/mol. The van der Waals surface area contributed by atoms with Crippen LogP contribution < -0.4 is 5.32 Å². The fraction of sp³-hybridized carbons (Fsp3) is 0.154. The molecule has 0 amide bonds. The zero-order chi connectivity index (χ0) is 12.8. The lowest BCUT2D eigenvalue weighted by Gasteiger charge is -2.07. The fourth-order valence-corrected chi connectivity index (χ4v) is 1.67. The number of nitrogens with zero attached hydrogens (tertiary/aromatic N) is 2. The van der Waals surface area contributed by atoms with Gasteiger partial charge in [0.05, 0.1) is 5.56 Å². The Kier molecular flexibility index (Phi) is 3.86. The minimum Gasteiger partial charge on any atom is -0.478 e. The van der Waals surface area contributed by atoms with Gasteiger partial charge in [0.2, 0.25) is 0 Å². The molecule has 18 heavy (non-hydrogen) atoms. The van der Waals surface area contributed by atoms with Gasteiger partial charge in [-0.15, -0.1) is 0 Å². The predicted octanol–water partition coefficient (Wildman–Crippen LogP) is 1.83. The molecule has 5 nitrogen and oxygen atoms in total. The third-order valence-electron chi connectivity index (χ3n) is 2.53. The molecule has 0 radical (unpaired) electrons. The molecule has 0 bridgehead atoms. The van der Waals surface area contributed by atoms with Crippen LogP contribution in [0.2, 0.25) is 0 Å². The van der Waals surface area contributed by atoms with Crippen molar-refractivity contribution in [1.29, 1.82) is 0 Å². The number of nitrogens with one attached hydrogen (secondary N) is 1. The Bertz CT molecular complexity index is 529. The average Bonchev–Trinajstić information content (AvgIpc) is 2.40. The summed E-state index contributed by atoms with van der Waals surface area (Å²) in [6.45, 7) is 0.626. The average molecular weight is 243 g/mol. The number of carboxylic acids is 1. The largest absolute Gasteiger partial charge is 0.478 e. The molecule has 0 fully saturated rings. The maximum Gasteiger partial charge on any atom is 0.335 e. The lowest BCUT2D eigenvalue weighted by Crippen LogP contribution is -2.09. The van der Waals surface area contributed by atoms with E-state index in [1.165, 1.54) is 6.33 Å². The van der Waals surface area contributed by atoms with E-state index in [9.17, 15) is 4.79 Å². The van der Waals surface area contributed by atoms with Crippen molar-refractivity contribution in [2.45, 2.75) is 6.42 Å². The Morgan fingerprint density at radius 3 is 2.83 bits per heavy atom. The molecule has 2 N–H and O–H groups in total. The van der Waals surface area contributed by atoms with Crippen molar-refractivity contribution in [3.05, 3.63) is 54.0 Å². The van der Waals surface area contributed by atoms with E-state index in [1.54, 1.807) is 24.4 Å². The van der Waals surface area contributed by atoms with Crippen LogP contribution >= 0.6 is 0 Å². The molecule has 0 atom stereocenters. The Balaban J connectivity index is 1.97. The van der Waals surface area contributed by atoms with Crippen molar-refractivity contribution in [2.24, 2.45) is 0 Å². The normalized spacial score (nSPS) is 10.0. The SMILES string of the molecule is O=C(O)c1ccccc1CCNc1ccncn1. The van der Waals surface area contributed by atoms with Gasteiger partial charge in [-0.3, -0.25) is 0 Å². The Morgan fingerprint density at radius 1 is 1.28 bits per heavy atom. The Morgan fingerprint density at radius 2 is 2.11 bits per heavy atom. The van der Waals surface area contributed by atoms with Gasteiger partial charge in [0.1, 0.15) is 12.1 Å². The van der Waals surface area contributed by atoms with E-state index in [-0.39, 0.29) is 0 Å². The van der Waals surface area contributed by atoms with Gasteiger partial charge < -0.3 is 10.4 Å². The number of hydrogen-bond donors (Lipinski definition) is 2. The van der Waals surface area contributed by atoms with Crippen LogP contribution in [0.1, 0.15) is 15.9 Å². The number of aromatic carboxylic acids is 1. The molecule has 2 aromatic rings. The maximum absolute atomic E-state index is 11.0. The zero-order valence-corrected chi connectivity index (χ0v) is 9.71. The first kappa shape index (κ1) is 12.0. The third kappa shape index (κ3) is 3.04. The molecule has 1 aromatic heterocycles. The van der Waals surface area contributed by atoms with Crippen molar-refractivity contribution in [2.75, 3.05) is 11.9 Å². The minimum absolute atomic E-state index is 0.349. The maximum atomic E-state index is 11.0. The van der Waals surface area contributed by atoms with Gasteiger partial charge in [-0.1, -0.05) is 18.2 Å². The number of aromatic nitrogens is 2. The fourth-order valence-electron chi connectivity index (χ4n) is 1.67.